The Bertz CT molecular complexity index is 464. The van der Waals surface area contributed by atoms with Crippen LogP contribution in [-0.2, 0) is 14.9 Å². The van der Waals surface area contributed by atoms with Crippen molar-refractivity contribution in [2.45, 2.75) is 57.5 Å². The second-order valence-corrected chi connectivity index (χ2v) is 7.02. The van der Waals surface area contributed by atoms with Gasteiger partial charge in [-0.1, -0.05) is 44.2 Å². The van der Waals surface area contributed by atoms with Crippen LogP contribution < -0.4 is 0 Å². The number of ether oxygens (including phenoxy) is 1. The summed E-state index contributed by atoms with van der Waals surface area (Å²) in [6.45, 7) is 5.94. The lowest BCUT2D eigenvalue weighted by molar-refractivity contribution is -0.131. The quantitative estimate of drug-likeness (QED) is 0.800. The molecule has 1 heterocycles. The van der Waals surface area contributed by atoms with Crippen LogP contribution >= 0.6 is 0 Å². The molecule has 1 aromatic rings. The van der Waals surface area contributed by atoms with Crippen LogP contribution in [0.5, 0.6) is 0 Å². The predicted octanol–water partition coefficient (Wildman–Crippen LogP) is 3.77. The highest BCUT2D eigenvalue weighted by molar-refractivity contribution is 5.77. The monoisotopic (exact) mass is 303 g/mol. The van der Waals surface area contributed by atoms with Gasteiger partial charge in [0.05, 0.1) is 6.10 Å². The summed E-state index contributed by atoms with van der Waals surface area (Å²) in [5.41, 5.74) is 1.08. The Morgan fingerprint density at radius 2 is 2.00 bits per heavy atom. The number of carbonyl (C=O) groups excluding carboxylic acids is 1. The highest BCUT2D eigenvalue weighted by Gasteiger charge is 2.26. The van der Waals surface area contributed by atoms with E-state index in [1.807, 2.05) is 30.1 Å². The molecule has 1 atom stereocenters. The Balaban J connectivity index is 1.82. The summed E-state index contributed by atoms with van der Waals surface area (Å²) in [5.74, 6) is 0.213. The van der Waals surface area contributed by atoms with Crippen molar-refractivity contribution in [1.29, 1.82) is 0 Å². The Morgan fingerprint density at radius 3 is 2.64 bits per heavy atom. The lowest BCUT2D eigenvalue weighted by atomic mass is 9.81. The SMILES string of the molecule is CN(CCC1CCCCO1)C(=O)CC(C)(C)c1ccccc1. The van der Waals surface area contributed by atoms with Crippen LogP contribution in [0.1, 0.15) is 51.5 Å². The van der Waals surface area contributed by atoms with Crippen molar-refractivity contribution in [3.8, 4) is 0 Å². The topological polar surface area (TPSA) is 29.5 Å². The maximum atomic E-state index is 12.5. The second kappa shape index (κ2) is 7.77. The molecular formula is C19H29NO2. The first-order valence-corrected chi connectivity index (χ1v) is 8.40. The normalized spacial score (nSPS) is 19.0. The molecule has 122 valence electrons. The number of benzene rings is 1. The van der Waals surface area contributed by atoms with Gasteiger partial charge in [-0.3, -0.25) is 4.79 Å². The number of carbonyl (C=O) groups is 1. The zero-order valence-corrected chi connectivity index (χ0v) is 14.2. The summed E-state index contributed by atoms with van der Waals surface area (Å²) in [5, 5.41) is 0. The van der Waals surface area contributed by atoms with Gasteiger partial charge in [0.2, 0.25) is 5.91 Å². The zero-order chi connectivity index (χ0) is 16.0. The van der Waals surface area contributed by atoms with Gasteiger partial charge in [0.15, 0.2) is 0 Å². The fourth-order valence-corrected chi connectivity index (χ4v) is 3.00. The highest BCUT2D eigenvalue weighted by Crippen LogP contribution is 2.27. The molecule has 1 aromatic carbocycles. The van der Waals surface area contributed by atoms with Crippen molar-refractivity contribution in [3.05, 3.63) is 35.9 Å². The van der Waals surface area contributed by atoms with Crippen LogP contribution in [-0.4, -0.2) is 37.1 Å². The average Bonchev–Trinajstić information content (AvgIpc) is 2.54. The molecule has 0 bridgehead atoms. The van der Waals surface area contributed by atoms with E-state index < -0.39 is 0 Å². The molecule has 0 aliphatic carbocycles. The van der Waals surface area contributed by atoms with E-state index in [1.165, 1.54) is 18.4 Å². The largest absolute Gasteiger partial charge is 0.378 e. The standard InChI is InChI=1S/C19H29NO2/c1-19(2,16-9-5-4-6-10-16)15-18(21)20(3)13-12-17-11-7-8-14-22-17/h4-6,9-10,17H,7-8,11-15H2,1-3H3. The molecule has 3 heteroatoms. The molecule has 1 aliphatic rings. The molecule has 1 unspecified atom stereocenters. The van der Waals surface area contributed by atoms with Crippen molar-refractivity contribution in [2.24, 2.45) is 0 Å². The predicted molar refractivity (Wildman–Crippen MR) is 89.9 cm³/mol. The molecule has 1 amide bonds. The third-order valence-electron chi connectivity index (χ3n) is 4.63. The van der Waals surface area contributed by atoms with Gasteiger partial charge in [0.25, 0.3) is 0 Å². The van der Waals surface area contributed by atoms with E-state index in [0.717, 1.165) is 26.0 Å². The fourth-order valence-electron chi connectivity index (χ4n) is 3.00. The summed E-state index contributed by atoms with van der Waals surface area (Å²) in [6, 6.07) is 10.3. The van der Waals surface area contributed by atoms with Crippen molar-refractivity contribution in [1.82, 2.24) is 4.90 Å². The van der Waals surface area contributed by atoms with Crippen LogP contribution in [0.25, 0.3) is 0 Å². The minimum absolute atomic E-state index is 0.131. The van der Waals surface area contributed by atoms with Crippen LogP contribution in [0, 0.1) is 0 Å². The first kappa shape index (κ1) is 17.0. The first-order valence-electron chi connectivity index (χ1n) is 8.40. The maximum Gasteiger partial charge on any atom is 0.223 e. The van der Waals surface area contributed by atoms with E-state index in [2.05, 4.69) is 26.0 Å². The number of hydrogen-bond acceptors (Lipinski definition) is 2. The molecule has 0 N–H and O–H groups in total. The fraction of sp³-hybridized carbons (Fsp3) is 0.632. The molecular weight excluding hydrogens is 274 g/mol. The smallest absolute Gasteiger partial charge is 0.223 e. The Kier molecular flexibility index (Phi) is 6.01. The van der Waals surface area contributed by atoms with E-state index in [-0.39, 0.29) is 11.3 Å². The molecule has 0 radical (unpaired) electrons. The number of rotatable bonds is 6. The van der Waals surface area contributed by atoms with Gasteiger partial charge in [-0.2, -0.15) is 0 Å². The summed E-state index contributed by atoms with van der Waals surface area (Å²) >= 11 is 0. The summed E-state index contributed by atoms with van der Waals surface area (Å²) < 4.78 is 5.74. The molecule has 1 aliphatic heterocycles. The molecule has 0 saturated carbocycles. The summed E-state index contributed by atoms with van der Waals surface area (Å²) in [7, 11) is 1.91. The third kappa shape index (κ3) is 4.84. The van der Waals surface area contributed by atoms with Crippen LogP contribution in [0.4, 0.5) is 0 Å². The number of hydrogen-bond donors (Lipinski definition) is 0. The van der Waals surface area contributed by atoms with Gasteiger partial charge < -0.3 is 9.64 Å². The van der Waals surface area contributed by atoms with Crippen molar-refractivity contribution in [2.75, 3.05) is 20.2 Å². The van der Waals surface area contributed by atoms with Crippen LogP contribution in [0.2, 0.25) is 0 Å². The molecule has 22 heavy (non-hydrogen) atoms. The summed E-state index contributed by atoms with van der Waals surface area (Å²) in [4.78, 5) is 14.4. The Labute approximate surface area is 134 Å². The minimum atomic E-state index is -0.131. The highest BCUT2D eigenvalue weighted by atomic mass is 16.5. The van der Waals surface area contributed by atoms with E-state index >= 15 is 0 Å². The molecule has 1 saturated heterocycles. The maximum absolute atomic E-state index is 12.5. The average molecular weight is 303 g/mol. The van der Waals surface area contributed by atoms with Crippen molar-refractivity contribution < 1.29 is 9.53 Å². The molecule has 0 spiro atoms. The van der Waals surface area contributed by atoms with Crippen LogP contribution in [0.3, 0.4) is 0 Å². The van der Waals surface area contributed by atoms with Crippen molar-refractivity contribution >= 4 is 5.91 Å². The van der Waals surface area contributed by atoms with Crippen molar-refractivity contribution in [3.63, 3.8) is 0 Å². The van der Waals surface area contributed by atoms with Gasteiger partial charge >= 0.3 is 0 Å². The van der Waals surface area contributed by atoms with Gasteiger partial charge in [-0.05, 0) is 36.7 Å². The van der Waals surface area contributed by atoms with E-state index in [4.69, 9.17) is 4.74 Å². The van der Waals surface area contributed by atoms with E-state index in [1.54, 1.807) is 0 Å². The first-order chi connectivity index (χ1) is 10.5. The van der Waals surface area contributed by atoms with Gasteiger partial charge in [-0.15, -0.1) is 0 Å². The number of nitrogens with zero attached hydrogens (tertiary/aromatic N) is 1. The lowest BCUT2D eigenvalue weighted by Crippen LogP contribution is -2.35. The molecule has 1 fully saturated rings. The van der Waals surface area contributed by atoms with E-state index in [9.17, 15) is 4.79 Å². The second-order valence-electron chi connectivity index (χ2n) is 7.02. The van der Waals surface area contributed by atoms with Gasteiger partial charge in [0, 0.05) is 26.6 Å². The molecule has 3 nitrogen and oxygen atoms in total. The summed E-state index contributed by atoms with van der Waals surface area (Å²) in [6.07, 6.45) is 5.40. The minimum Gasteiger partial charge on any atom is -0.378 e. The Morgan fingerprint density at radius 1 is 1.27 bits per heavy atom. The molecule has 0 aromatic heterocycles. The van der Waals surface area contributed by atoms with Gasteiger partial charge in [0.1, 0.15) is 0 Å². The molecule has 2 rings (SSSR count). The number of amides is 1. The van der Waals surface area contributed by atoms with Crippen LogP contribution in [0.15, 0.2) is 30.3 Å². The van der Waals surface area contributed by atoms with Gasteiger partial charge in [-0.25, -0.2) is 0 Å². The Hall–Kier alpha value is -1.35. The van der Waals surface area contributed by atoms with E-state index in [0.29, 0.717) is 12.5 Å². The lowest BCUT2D eigenvalue weighted by Gasteiger charge is -2.29. The third-order valence-corrected chi connectivity index (χ3v) is 4.63. The zero-order valence-electron chi connectivity index (χ0n) is 14.2.